The van der Waals surface area contributed by atoms with Gasteiger partial charge in [0.1, 0.15) is 15.9 Å². The number of aromatic nitrogens is 2. The van der Waals surface area contributed by atoms with Crippen molar-refractivity contribution >= 4 is 33.7 Å². The van der Waals surface area contributed by atoms with Gasteiger partial charge in [0, 0.05) is 51.1 Å². The van der Waals surface area contributed by atoms with Gasteiger partial charge >= 0.3 is 6.09 Å². The van der Waals surface area contributed by atoms with E-state index in [0.717, 1.165) is 22.3 Å². The fourth-order valence-electron chi connectivity index (χ4n) is 3.07. The second kappa shape index (κ2) is 6.83. The molecular formula is C18H24N4O3S. The van der Waals surface area contributed by atoms with Crippen LogP contribution in [0.1, 0.15) is 48.3 Å². The topological polar surface area (TPSA) is 75.6 Å². The molecular weight excluding hydrogens is 352 g/mol. The third-order valence-corrected chi connectivity index (χ3v) is 5.30. The van der Waals surface area contributed by atoms with Crippen molar-refractivity contribution in [3.63, 3.8) is 0 Å². The van der Waals surface area contributed by atoms with Gasteiger partial charge in [0.2, 0.25) is 0 Å². The Morgan fingerprint density at radius 2 is 1.96 bits per heavy atom. The van der Waals surface area contributed by atoms with Gasteiger partial charge in [0.25, 0.3) is 5.91 Å². The van der Waals surface area contributed by atoms with E-state index in [9.17, 15) is 9.59 Å². The smallest absolute Gasteiger partial charge is 0.410 e. The number of carbonyl (C=O) groups excluding carboxylic acids is 2. The summed E-state index contributed by atoms with van der Waals surface area (Å²) in [5.74, 6) is -0.00705. The standard InChI is InChI=1S/C18H24N4O3S/c1-18(2,3)25-17(24)22-9-6-11(10-22)12-13-15(20-8-7-19-13)26-14(12)16(23)21(4)5/h7-8,11H,6,9-10H2,1-5H3/t11-/m1/s1. The van der Waals surface area contributed by atoms with E-state index in [1.165, 1.54) is 11.3 Å². The first kappa shape index (κ1) is 18.6. The zero-order chi connectivity index (χ0) is 19.1. The van der Waals surface area contributed by atoms with Crippen LogP contribution in [-0.4, -0.2) is 64.6 Å². The fourth-order valence-corrected chi connectivity index (χ4v) is 4.28. The van der Waals surface area contributed by atoms with Gasteiger partial charge < -0.3 is 14.5 Å². The molecule has 0 radical (unpaired) electrons. The number of nitrogens with zero attached hydrogens (tertiary/aromatic N) is 4. The van der Waals surface area contributed by atoms with Gasteiger partial charge in [-0.15, -0.1) is 11.3 Å². The number of rotatable bonds is 2. The van der Waals surface area contributed by atoms with E-state index >= 15 is 0 Å². The molecule has 8 heteroatoms. The molecule has 1 atom stereocenters. The molecule has 1 saturated heterocycles. The summed E-state index contributed by atoms with van der Waals surface area (Å²) < 4.78 is 5.48. The maximum atomic E-state index is 12.7. The fraction of sp³-hybridized carbons (Fsp3) is 0.556. The van der Waals surface area contributed by atoms with E-state index in [1.807, 2.05) is 20.8 Å². The predicted molar refractivity (Wildman–Crippen MR) is 101 cm³/mol. The molecule has 0 aliphatic carbocycles. The van der Waals surface area contributed by atoms with Crippen molar-refractivity contribution in [1.82, 2.24) is 19.8 Å². The minimum absolute atomic E-state index is 0.0480. The van der Waals surface area contributed by atoms with Crippen molar-refractivity contribution in [2.24, 2.45) is 0 Å². The first-order valence-electron chi connectivity index (χ1n) is 8.60. The third kappa shape index (κ3) is 3.65. The summed E-state index contributed by atoms with van der Waals surface area (Å²) in [6.45, 7) is 6.69. The van der Waals surface area contributed by atoms with Crippen LogP contribution in [0.4, 0.5) is 4.79 Å². The van der Waals surface area contributed by atoms with Gasteiger partial charge in [0.15, 0.2) is 0 Å². The van der Waals surface area contributed by atoms with Crippen molar-refractivity contribution in [2.45, 2.75) is 38.7 Å². The second-order valence-electron chi connectivity index (χ2n) is 7.67. The number of thiophene rings is 1. The average molecular weight is 376 g/mol. The molecule has 0 unspecified atom stereocenters. The van der Waals surface area contributed by atoms with E-state index < -0.39 is 5.60 Å². The van der Waals surface area contributed by atoms with E-state index in [4.69, 9.17) is 4.74 Å². The van der Waals surface area contributed by atoms with Crippen molar-refractivity contribution in [1.29, 1.82) is 0 Å². The SMILES string of the molecule is CN(C)C(=O)c1sc2nccnc2c1[C@@H]1CCN(C(=O)OC(C)(C)C)C1. The highest BCUT2D eigenvalue weighted by Crippen LogP contribution is 2.39. The Balaban J connectivity index is 1.92. The quantitative estimate of drug-likeness (QED) is 0.805. The molecule has 3 rings (SSSR count). The number of ether oxygens (including phenoxy) is 1. The zero-order valence-corrected chi connectivity index (χ0v) is 16.6. The van der Waals surface area contributed by atoms with Crippen molar-refractivity contribution < 1.29 is 14.3 Å². The molecule has 2 aromatic rings. The van der Waals surface area contributed by atoms with Crippen LogP contribution in [0.15, 0.2) is 12.4 Å². The molecule has 1 aliphatic rings. The van der Waals surface area contributed by atoms with E-state index in [1.54, 1.807) is 36.3 Å². The molecule has 0 aromatic carbocycles. The molecule has 0 bridgehead atoms. The Morgan fingerprint density at radius 1 is 1.27 bits per heavy atom. The number of hydrogen-bond donors (Lipinski definition) is 0. The highest BCUT2D eigenvalue weighted by Gasteiger charge is 2.35. The number of amides is 2. The predicted octanol–water partition coefficient (Wildman–Crippen LogP) is 3.12. The highest BCUT2D eigenvalue weighted by molar-refractivity contribution is 7.20. The lowest BCUT2D eigenvalue weighted by Crippen LogP contribution is -2.35. The lowest BCUT2D eigenvalue weighted by Gasteiger charge is -2.24. The molecule has 0 saturated carbocycles. The maximum absolute atomic E-state index is 12.7. The van der Waals surface area contributed by atoms with Gasteiger partial charge in [0.05, 0.1) is 4.88 Å². The summed E-state index contributed by atoms with van der Waals surface area (Å²) in [7, 11) is 3.47. The Morgan fingerprint density at radius 3 is 2.62 bits per heavy atom. The highest BCUT2D eigenvalue weighted by atomic mass is 32.1. The normalized spacial score (nSPS) is 17.6. The van der Waals surface area contributed by atoms with Crippen molar-refractivity contribution in [2.75, 3.05) is 27.2 Å². The number of likely N-dealkylation sites (tertiary alicyclic amines) is 1. The molecule has 140 valence electrons. The molecule has 0 spiro atoms. The summed E-state index contributed by atoms with van der Waals surface area (Å²) in [5, 5.41) is 0. The Labute approximate surface area is 157 Å². The monoisotopic (exact) mass is 376 g/mol. The number of carbonyl (C=O) groups is 2. The second-order valence-corrected chi connectivity index (χ2v) is 8.67. The zero-order valence-electron chi connectivity index (χ0n) is 15.8. The first-order chi connectivity index (χ1) is 12.2. The van der Waals surface area contributed by atoms with Crippen LogP contribution in [0.5, 0.6) is 0 Å². The molecule has 26 heavy (non-hydrogen) atoms. The summed E-state index contributed by atoms with van der Waals surface area (Å²) in [6.07, 6.45) is 3.73. The number of fused-ring (bicyclic) bond motifs is 1. The van der Waals surface area contributed by atoms with Crippen LogP contribution < -0.4 is 0 Å². The third-order valence-electron chi connectivity index (χ3n) is 4.21. The summed E-state index contributed by atoms with van der Waals surface area (Å²) >= 11 is 1.37. The first-order valence-corrected chi connectivity index (χ1v) is 9.42. The molecule has 1 fully saturated rings. The van der Waals surface area contributed by atoms with E-state index in [0.29, 0.717) is 18.0 Å². The van der Waals surface area contributed by atoms with Gasteiger partial charge in [-0.25, -0.2) is 9.78 Å². The minimum Gasteiger partial charge on any atom is -0.444 e. The minimum atomic E-state index is -0.526. The molecule has 7 nitrogen and oxygen atoms in total. The van der Waals surface area contributed by atoms with Crippen LogP contribution in [0.2, 0.25) is 0 Å². The molecule has 2 amide bonds. The maximum Gasteiger partial charge on any atom is 0.410 e. The Hall–Kier alpha value is -2.22. The molecule has 1 aliphatic heterocycles. The van der Waals surface area contributed by atoms with Crippen LogP contribution in [0.25, 0.3) is 10.3 Å². The molecule has 2 aromatic heterocycles. The average Bonchev–Trinajstić information content (AvgIpc) is 3.16. The summed E-state index contributed by atoms with van der Waals surface area (Å²) in [5.41, 5.74) is 1.14. The van der Waals surface area contributed by atoms with Crippen molar-refractivity contribution in [3.05, 3.63) is 22.8 Å². The largest absolute Gasteiger partial charge is 0.444 e. The van der Waals surface area contributed by atoms with Crippen LogP contribution >= 0.6 is 11.3 Å². The summed E-state index contributed by atoms with van der Waals surface area (Å²) in [6, 6.07) is 0. The summed E-state index contributed by atoms with van der Waals surface area (Å²) in [4.78, 5) is 38.5. The van der Waals surface area contributed by atoms with Crippen molar-refractivity contribution in [3.8, 4) is 0 Å². The lowest BCUT2D eigenvalue weighted by molar-refractivity contribution is 0.0292. The Bertz CT molecular complexity index is 841. The van der Waals surface area contributed by atoms with Gasteiger partial charge in [-0.3, -0.25) is 9.78 Å². The van der Waals surface area contributed by atoms with Crippen LogP contribution in [0.3, 0.4) is 0 Å². The number of hydrogen-bond acceptors (Lipinski definition) is 6. The Kier molecular flexibility index (Phi) is 4.88. The molecule has 0 N–H and O–H groups in total. The van der Waals surface area contributed by atoms with Crippen LogP contribution in [0, 0.1) is 0 Å². The van der Waals surface area contributed by atoms with E-state index in [2.05, 4.69) is 9.97 Å². The lowest BCUT2D eigenvalue weighted by atomic mass is 9.97. The van der Waals surface area contributed by atoms with Gasteiger partial charge in [-0.05, 0) is 27.2 Å². The van der Waals surface area contributed by atoms with Crippen LogP contribution in [-0.2, 0) is 4.74 Å². The van der Waals surface area contributed by atoms with Gasteiger partial charge in [-0.1, -0.05) is 0 Å². The van der Waals surface area contributed by atoms with Gasteiger partial charge in [-0.2, -0.15) is 0 Å². The molecule has 3 heterocycles. The van der Waals surface area contributed by atoms with E-state index in [-0.39, 0.29) is 17.9 Å².